The first kappa shape index (κ1) is 20.7. The second kappa shape index (κ2) is 7.73. The Morgan fingerprint density at radius 3 is 2.70 bits per heavy atom. The molecule has 0 saturated carbocycles. The van der Waals surface area contributed by atoms with Crippen LogP contribution in [-0.2, 0) is 28.1 Å². The van der Waals surface area contributed by atoms with Gasteiger partial charge in [0.05, 0.1) is 10.9 Å². The number of hydrogen-bond donors (Lipinski definition) is 3. The van der Waals surface area contributed by atoms with Gasteiger partial charge in [-0.05, 0) is 43.0 Å². The number of fused-ring (bicyclic) bond motifs is 3. The number of hydrogen-bond acceptors (Lipinski definition) is 6. The second-order valence-electron chi connectivity index (χ2n) is 8.06. The largest absolute Gasteiger partial charge is 0.325 e. The summed E-state index contributed by atoms with van der Waals surface area (Å²) in [6.07, 6.45) is 1.13. The minimum atomic E-state index is -1.12. The van der Waals surface area contributed by atoms with Gasteiger partial charge in [-0.3, -0.25) is 34.7 Å². The van der Waals surface area contributed by atoms with E-state index in [4.69, 9.17) is 0 Å². The Morgan fingerprint density at radius 1 is 1.12 bits per heavy atom. The summed E-state index contributed by atoms with van der Waals surface area (Å²) in [7, 11) is 0. The number of imide groups is 1. The molecule has 1 spiro atoms. The number of urea groups is 1. The van der Waals surface area contributed by atoms with Crippen molar-refractivity contribution in [1.29, 1.82) is 0 Å². The van der Waals surface area contributed by atoms with E-state index in [9.17, 15) is 19.2 Å². The zero-order valence-electron chi connectivity index (χ0n) is 17.9. The Labute approximate surface area is 188 Å². The molecule has 10 nitrogen and oxygen atoms in total. The fourth-order valence-corrected chi connectivity index (χ4v) is 4.60. The Morgan fingerprint density at radius 2 is 1.88 bits per heavy atom. The van der Waals surface area contributed by atoms with Crippen molar-refractivity contribution in [1.82, 2.24) is 25.2 Å². The molecular formula is C23H22N6O4. The van der Waals surface area contributed by atoms with Crippen LogP contribution in [0.3, 0.4) is 0 Å². The molecule has 1 aliphatic carbocycles. The minimum Gasteiger partial charge on any atom is -0.319 e. The van der Waals surface area contributed by atoms with Gasteiger partial charge in [-0.25, -0.2) is 9.78 Å². The summed E-state index contributed by atoms with van der Waals surface area (Å²) in [5, 5.41) is 3.26. The van der Waals surface area contributed by atoms with Gasteiger partial charge in [-0.1, -0.05) is 36.4 Å². The summed E-state index contributed by atoms with van der Waals surface area (Å²) < 4.78 is 1.39. The number of nitrogens with one attached hydrogen (secondary N) is 3. The third-order valence-electron chi connectivity index (χ3n) is 6.22. The van der Waals surface area contributed by atoms with Crippen LogP contribution in [0.1, 0.15) is 24.5 Å². The molecule has 5 rings (SSSR count). The molecule has 2 aliphatic rings. The number of para-hydroxylation sites is 1. The molecule has 1 atom stereocenters. The van der Waals surface area contributed by atoms with E-state index in [0.717, 1.165) is 16.0 Å². The van der Waals surface area contributed by atoms with Gasteiger partial charge < -0.3 is 5.32 Å². The normalized spacial score (nSPS) is 19.1. The van der Waals surface area contributed by atoms with E-state index < -0.39 is 29.9 Å². The third kappa shape index (κ3) is 3.22. The van der Waals surface area contributed by atoms with E-state index >= 15 is 0 Å². The maximum Gasteiger partial charge on any atom is 0.325 e. The average molecular weight is 446 g/mol. The first-order chi connectivity index (χ1) is 15.9. The van der Waals surface area contributed by atoms with Gasteiger partial charge in [0.15, 0.2) is 0 Å². The van der Waals surface area contributed by atoms with Gasteiger partial charge in [-0.15, -0.1) is 0 Å². The Hall–Kier alpha value is -4.21. The molecule has 3 aromatic rings. The Balaban J connectivity index is 1.32. The van der Waals surface area contributed by atoms with Crippen LogP contribution in [0.5, 0.6) is 0 Å². The quantitative estimate of drug-likeness (QED) is 0.400. The number of aryl methyl sites for hydroxylation is 1. The number of amides is 4. The van der Waals surface area contributed by atoms with E-state index in [2.05, 4.69) is 21.2 Å². The number of hydrazine groups is 1. The Kier molecular flexibility index (Phi) is 4.85. The predicted octanol–water partition coefficient (Wildman–Crippen LogP) is 1.25. The van der Waals surface area contributed by atoms with Crippen molar-refractivity contribution in [3.8, 4) is 0 Å². The van der Waals surface area contributed by atoms with E-state index in [0.29, 0.717) is 30.3 Å². The van der Waals surface area contributed by atoms with Crippen LogP contribution in [-0.4, -0.2) is 38.8 Å². The van der Waals surface area contributed by atoms with Gasteiger partial charge in [0.1, 0.15) is 12.1 Å². The van der Waals surface area contributed by atoms with Gasteiger partial charge in [0, 0.05) is 6.54 Å². The van der Waals surface area contributed by atoms with Gasteiger partial charge in [0.25, 0.3) is 17.4 Å². The molecule has 10 heteroatoms. The van der Waals surface area contributed by atoms with Crippen molar-refractivity contribution < 1.29 is 14.4 Å². The molecule has 1 aromatic heterocycles. The Bertz CT molecular complexity index is 1370. The highest BCUT2D eigenvalue weighted by Gasteiger charge is 2.55. The highest BCUT2D eigenvalue weighted by molar-refractivity contribution is 6.10. The zero-order valence-corrected chi connectivity index (χ0v) is 17.9. The van der Waals surface area contributed by atoms with E-state index in [1.807, 2.05) is 24.3 Å². The zero-order chi connectivity index (χ0) is 23.2. The second-order valence-corrected chi connectivity index (χ2v) is 8.06. The molecule has 0 radical (unpaired) electrons. The van der Waals surface area contributed by atoms with E-state index in [1.54, 1.807) is 31.2 Å². The fourth-order valence-electron chi connectivity index (χ4n) is 4.60. The molecule has 33 heavy (non-hydrogen) atoms. The number of aromatic nitrogens is 2. The minimum absolute atomic E-state index is 0.160. The predicted molar refractivity (Wildman–Crippen MR) is 120 cm³/mol. The van der Waals surface area contributed by atoms with Crippen LogP contribution in [0.2, 0.25) is 0 Å². The van der Waals surface area contributed by atoms with Crippen LogP contribution in [0, 0.1) is 0 Å². The summed E-state index contributed by atoms with van der Waals surface area (Å²) in [4.78, 5) is 56.4. The van der Waals surface area contributed by atoms with Crippen LogP contribution in [0.25, 0.3) is 10.9 Å². The van der Waals surface area contributed by atoms with Gasteiger partial charge in [0.2, 0.25) is 5.95 Å². The molecule has 3 N–H and O–H groups in total. The molecule has 2 heterocycles. The summed E-state index contributed by atoms with van der Waals surface area (Å²) >= 11 is 0. The number of benzene rings is 2. The topological polar surface area (TPSA) is 125 Å². The van der Waals surface area contributed by atoms with E-state index in [1.165, 1.54) is 4.57 Å². The van der Waals surface area contributed by atoms with Crippen molar-refractivity contribution in [2.75, 3.05) is 12.0 Å². The smallest absolute Gasteiger partial charge is 0.319 e. The molecule has 0 unspecified atom stereocenters. The SMILES string of the molecule is CCn1c(NNC(=O)CN2C(=O)N[C@]3(CCc4ccccc43)C2=O)nc2ccccc2c1=O. The van der Waals surface area contributed by atoms with Crippen LogP contribution in [0.4, 0.5) is 10.7 Å². The van der Waals surface area contributed by atoms with Crippen LogP contribution >= 0.6 is 0 Å². The summed E-state index contributed by atoms with van der Waals surface area (Å²) in [6, 6.07) is 13.8. The number of carbonyl (C=O) groups is 3. The van der Waals surface area contributed by atoms with Crippen molar-refractivity contribution >= 4 is 34.7 Å². The van der Waals surface area contributed by atoms with Crippen molar-refractivity contribution in [2.24, 2.45) is 0 Å². The molecule has 4 amide bonds. The highest BCUT2D eigenvalue weighted by atomic mass is 16.2. The maximum absolute atomic E-state index is 13.2. The average Bonchev–Trinajstić information content (AvgIpc) is 3.31. The maximum atomic E-state index is 13.2. The highest BCUT2D eigenvalue weighted by Crippen LogP contribution is 2.41. The monoisotopic (exact) mass is 446 g/mol. The lowest BCUT2D eigenvalue weighted by Crippen LogP contribution is -2.45. The van der Waals surface area contributed by atoms with Crippen molar-refractivity contribution in [2.45, 2.75) is 31.8 Å². The molecular weight excluding hydrogens is 424 g/mol. The van der Waals surface area contributed by atoms with Crippen LogP contribution in [0.15, 0.2) is 53.3 Å². The fraction of sp³-hybridized carbons (Fsp3) is 0.261. The summed E-state index contributed by atoms with van der Waals surface area (Å²) in [6.45, 7) is 1.66. The lowest BCUT2D eigenvalue weighted by Gasteiger charge is -2.22. The van der Waals surface area contributed by atoms with Gasteiger partial charge in [-0.2, -0.15) is 0 Å². The third-order valence-corrected chi connectivity index (χ3v) is 6.22. The molecule has 168 valence electrons. The number of nitrogens with zero attached hydrogens (tertiary/aromatic N) is 3. The summed E-state index contributed by atoms with van der Waals surface area (Å²) in [5.74, 6) is -0.901. The lowest BCUT2D eigenvalue weighted by atomic mass is 9.92. The molecule has 0 bridgehead atoms. The van der Waals surface area contributed by atoms with Gasteiger partial charge >= 0.3 is 6.03 Å². The van der Waals surface area contributed by atoms with E-state index in [-0.39, 0.29) is 11.5 Å². The molecule has 1 saturated heterocycles. The number of carbonyl (C=O) groups excluding carboxylic acids is 3. The van der Waals surface area contributed by atoms with Crippen molar-refractivity contribution in [3.63, 3.8) is 0 Å². The standard InChI is InChI=1S/C23H22N6O4/c1-2-28-19(31)15-8-4-6-10-17(15)24-21(28)27-26-18(30)13-29-20(32)23(25-22(29)33)12-11-14-7-3-5-9-16(14)23/h3-10H,2,11-13H2,1H3,(H,24,27)(H,25,33)(H,26,30)/t23-/m0/s1. The number of rotatable bonds is 5. The summed E-state index contributed by atoms with van der Waals surface area (Å²) in [5.41, 5.74) is 6.02. The molecule has 1 aliphatic heterocycles. The lowest BCUT2D eigenvalue weighted by molar-refractivity contribution is -0.135. The van der Waals surface area contributed by atoms with Crippen LogP contribution < -0.4 is 21.7 Å². The molecule has 1 fully saturated rings. The first-order valence-electron chi connectivity index (χ1n) is 10.7. The van der Waals surface area contributed by atoms with Crippen molar-refractivity contribution in [3.05, 3.63) is 70.0 Å². The molecule has 2 aromatic carbocycles. The first-order valence-corrected chi connectivity index (χ1v) is 10.7. The number of anilines is 1.